The minimum Gasteiger partial charge on any atom is -0.398 e. The van der Waals surface area contributed by atoms with Crippen molar-refractivity contribution in [1.29, 1.82) is 0 Å². The van der Waals surface area contributed by atoms with Crippen molar-refractivity contribution < 1.29 is 4.39 Å². The van der Waals surface area contributed by atoms with Gasteiger partial charge in [0.15, 0.2) is 0 Å². The van der Waals surface area contributed by atoms with Gasteiger partial charge in [-0.2, -0.15) is 0 Å². The fourth-order valence-electron chi connectivity index (χ4n) is 2.83. The zero-order valence-corrected chi connectivity index (χ0v) is 10.8. The van der Waals surface area contributed by atoms with Gasteiger partial charge in [0.25, 0.3) is 0 Å². The fraction of sp³-hybridized carbons (Fsp3) is 0.400. The number of hydrogen-bond acceptors (Lipinski definition) is 3. The second-order valence-corrected chi connectivity index (χ2v) is 5.23. The molecule has 3 nitrogen and oxygen atoms in total. The lowest BCUT2D eigenvalue weighted by atomic mass is 9.95. The van der Waals surface area contributed by atoms with E-state index in [0.29, 0.717) is 11.7 Å². The van der Waals surface area contributed by atoms with Gasteiger partial charge >= 0.3 is 0 Å². The Balaban J connectivity index is 1.98. The van der Waals surface area contributed by atoms with Crippen LogP contribution in [0.1, 0.15) is 32.1 Å². The van der Waals surface area contributed by atoms with Crippen molar-refractivity contribution in [2.24, 2.45) is 0 Å². The van der Waals surface area contributed by atoms with E-state index in [0.717, 1.165) is 29.4 Å². The van der Waals surface area contributed by atoms with Gasteiger partial charge in [0.1, 0.15) is 11.6 Å². The average Bonchev–Trinajstić information content (AvgIpc) is 2.41. The topological polar surface area (TPSA) is 50.9 Å². The summed E-state index contributed by atoms with van der Waals surface area (Å²) in [6.45, 7) is 0. The molecule has 0 atom stereocenters. The van der Waals surface area contributed by atoms with E-state index in [1.165, 1.54) is 31.4 Å². The number of anilines is 2. The molecular weight excluding hydrogens is 241 g/mol. The first-order chi connectivity index (χ1) is 9.24. The van der Waals surface area contributed by atoms with Crippen molar-refractivity contribution in [2.75, 3.05) is 11.1 Å². The zero-order valence-electron chi connectivity index (χ0n) is 10.8. The number of hydrogen-bond donors (Lipinski definition) is 2. The number of fused-ring (bicyclic) bond motifs is 1. The highest BCUT2D eigenvalue weighted by atomic mass is 19.1. The van der Waals surface area contributed by atoms with Crippen LogP contribution in [-0.4, -0.2) is 11.0 Å². The second-order valence-electron chi connectivity index (χ2n) is 5.23. The van der Waals surface area contributed by atoms with Gasteiger partial charge in [-0.3, -0.25) is 0 Å². The summed E-state index contributed by atoms with van der Waals surface area (Å²) in [7, 11) is 0. The third-order valence-corrected chi connectivity index (χ3v) is 3.82. The monoisotopic (exact) mass is 259 g/mol. The first-order valence-electron chi connectivity index (χ1n) is 6.84. The molecule has 0 unspecified atom stereocenters. The molecule has 2 aromatic rings. The molecule has 0 radical (unpaired) electrons. The van der Waals surface area contributed by atoms with Crippen molar-refractivity contribution in [3.05, 3.63) is 30.2 Å². The van der Waals surface area contributed by atoms with Crippen LogP contribution in [0.4, 0.5) is 15.9 Å². The first-order valence-corrected chi connectivity index (χ1v) is 6.84. The molecule has 0 amide bonds. The van der Waals surface area contributed by atoms with E-state index in [9.17, 15) is 4.39 Å². The maximum atomic E-state index is 13.5. The van der Waals surface area contributed by atoms with Crippen molar-refractivity contribution in [3.8, 4) is 0 Å². The number of benzene rings is 1. The van der Waals surface area contributed by atoms with E-state index in [1.54, 1.807) is 6.20 Å². The van der Waals surface area contributed by atoms with Crippen molar-refractivity contribution in [2.45, 2.75) is 38.1 Å². The van der Waals surface area contributed by atoms with Gasteiger partial charge in [-0.05, 0) is 31.0 Å². The van der Waals surface area contributed by atoms with Gasteiger partial charge in [0.05, 0.1) is 0 Å². The first kappa shape index (κ1) is 12.2. The molecule has 0 saturated heterocycles. The maximum Gasteiger partial charge on any atom is 0.134 e. The van der Waals surface area contributed by atoms with E-state index in [4.69, 9.17) is 5.73 Å². The van der Waals surface area contributed by atoms with Gasteiger partial charge in [0.2, 0.25) is 0 Å². The predicted octanol–water partition coefficient (Wildman–Crippen LogP) is 3.70. The highest BCUT2D eigenvalue weighted by molar-refractivity contribution is 5.99. The smallest absolute Gasteiger partial charge is 0.134 e. The number of aromatic nitrogens is 1. The van der Waals surface area contributed by atoms with Gasteiger partial charge < -0.3 is 11.1 Å². The molecule has 19 heavy (non-hydrogen) atoms. The lowest BCUT2D eigenvalue weighted by molar-refractivity contribution is 0.462. The summed E-state index contributed by atoms with van der Waals surface area (Å²) in [5, 5.41) is 5.07. The summed E-state index contributed by atoms with van der Waals surface area (Å²) >= 11 is 0. The van der Waals surface area contributed by atoms with Crippen molar-refractivity contribution >= 4 is 22.3 Å². The molecule has 1 saturated carbocycles. The summed E-state index contributed by atoms with van der Waals surface area (Å²) in [5.41, 5.74) is 6.33. The zero-order chi connectivity index (χ0) is 13.2. The predicted molar refractivity (Wildman–Crippen MR) is 76.6 cm³/mol. The number of nitrogen functional groups attached to an aromatic ring is 1. The Hall–Kier alpha value is -1.84. The van der Waals surface area contributed by atoms with Crippen LogP contribution < -0.4 is 11.1 Å². The van der Waals surface area contributed by atoms with E-state index in [2.05, 4.69) is 10.3 Å². The molecule has 1 fully saturated rings. The van der Waals surface area contributed by atoms with Crippen LogP contribution in [0, 0.1) is 5.82 Å². The second kappa shape index (κ2) is 5.03. The number of rotatable bonds is 2. The van der Waals surface area contributed by atoms with Crippen LogP contribution in [0.5, 0.6) is 0 Å². The lowest BCUT2D eigenvalue weighted by Crippen LogP contribution is -2.22. The third-order valence-electron chi connectivity index (χ3n) is 3.82. The summed E-state index contributed by atoms with van der Waals surface area (Å²) < 4.78 is 13.5. The fourth-order valence-corrected chi connectivity index (χ4v) is 2.83. The van der Waals surface area contributed by atoms with Crippen molar-refractivity contribution in [1.82, 2.24) is 4.98 Å². The molecule has 1 heterocycles. The molecule has 3 N–H and O–H groups in total. The van der Waals surface area contributed by atoms with Gasteiger partial charge in [-0.15, -0.1) is 0 Å². The van der Waals surface area contributed by atoms with Gasteiger partial charge in [-0.1, -0.05) is 19.3 Å². The molecule has 1 aliphatic rings. The summed E-state index contributed by atoms with van der Waals surface area (Å²) in [4.78, 5) is 4.35. The van der Waals surface area contributed by atoms with Crippen molar-refractivity contribution in [3.63, 3.8) is 0 Å². The van der Waals surface area contributed by atoms with Crippen LogP contribution in [0.25, 0.3) is 10.8 Å². The quantitative estimate of drug-likeness (QED) is 0.808. The summed E-state index contributed by atoms with van der Waals surface area (Å²) in [5.74, 6) is 0.431. The highest BCUT2D eigenvalue weighted by Gasteiger charge is 2.15. The van der Waals surface area contributed by atoms with Gasteiger partial charge in [0, 0.05) is 28.7 Å². The van der Waals surface area contributed by atoms with Gasteiger partial charge in [-0.25, -0.2) is 9.37 Å². The van der Waals surface area contributed by atoms with Crippen LogP contribution in [0.15, 0.2) is 24.4 Å². The molecule has 1 aromatic carbocycles. The van der Waals surface area contributed by atoms with E-state index < -0.39 is 0 Å². The Kier molecular flexibility index (Phi) is 3.23. The highest BCUT2D eigenvalue weighted by Crippen LogP contribution is 2.29. The molecular formula is C15H18FN3. The molecule has 1 aromatic heterocycles. The molecule has 1 aliphatic carbocycles. The Morgan fingerprint density at radius 3 is 2.74 bits per heavy atom. The third kappa shape index (κ3) is 2.48. The number of halogens is 1. The Morgan fingerprint density at radius 2 is 1.95 bits per heavy atom. The van der Waals surface area contributed by atoms with E-state index in [-0.39, 0.29) is 5.82 Å². The van der Waals surface area contributed by atoms with Crippen LogP contribution in [-0.2, 0) is 0 Å². The summed E-state index contributed by atoms with van der Waals surface area (Å²) in [6.07, 6.45) is 7.84. The molecule has 0 aliphatic heterocycles. The maximum absolute atomic E-state index is 13.5. The molecule has 0 spiro atoms. The molecule has 100 valence electrons. The standard InChI is InChI=1S/C15H18FN3/c16-10-8-13-12(14(17)9-10)6-7-18-15(13)19-11-4-2-1-3-5-11/h6-9,11H,1-5,17H2,(H,18,19). The minimum absolute atomic E-state index is 0.315. The minimum atomic E-state index is -0.315. The molecule has 3 rings (SSSR count). The number of nitrogens with zero attached hydrogens (tertiary/aromatic N) is 1. The average molecular weight is 259 g/mol. The Morgan fingerprint density at radius 1 is 1.16 bits per heavy atom. The number of nitrogens with two attached hydrogens (primary N) is 1. The molecule has 0 bridgehead atoms. The van der Waals surface area contributed by atoms with E-state index in [1.807, 2.05) is 6.07 Å². The Bertz CT molecular complexity index is 591. The number of pyridine rings is 1. The Labute approximate surface area is 112 Å². The van der Waals surface area contributed by atoms with E-state index >= 15 is 0 Å². The number of nitrogens with one attached hydrogen (secondary N) is 1. The largest absolute Gasteiger partial charge is 0.398 e. The van der Waals surface area contributed by atoms with Crippen LogP contribution in [0.2, 0.25) is 0 Å². The SMILES string of the molecule is Nc1cc(F)cc2c(NC3CCCCC3)nccc12. The lowest BCUT2D eigenvalue weighted by Gasteiger charge is -2.24. The summed E-state index contributed by atoms with van der Waals surface area (Å²) in [6, 6.07) is 5.13. The molecule has 4 heteroatoms. The van der Waals surface area contributed by atoms with Crippen LogP contribution >= 0.6 is 0 Å². The normalized spacial score (nSPS) is 16.7. The van der Waals surface area contributed by atoms with Crippen LogP contribution in [0.3, 0.4) is 0 Å².